The van der Waals surface area contributed by atoms with Crippen LogP contribution in [0.3, 0.4) is 0 Å². The van der Waals surface area contributed by atoms with Gasteiger partial charge in [0.05, 0.1) is 19.4 Å². The Morgan fingerprint density at radius 3 is 2.04 bits per heavy atom. The first kappa shape index (κ1) is 18.5. The van der Waals surface area contributed by atoms with E-state index in [1.807, 2.05) is 95.9 Å². The molecule has 0 saturated heterocycles. The van der Waals surface area contributed by atoms with Crippen molar-refractivity contribution in [1.82, 2.24) is 4.90 Å². The molecule has 0 spiro atoms. The van der Waals surface area contributed by atoms with E-state index < -0.39 is 0 Å². The predicted molar refractivity (Wildman–Crippen MR) is 110 cm³/mol. The third kappa shape index (κ3) is 4.85. The maximum Gasteiger partial charge on any atom is 0.224 e. The van der Waals surface area contributed by atoms with E-state index in [2.05, 4.69) is 0 Å². The summed E-state index contributed by atoms with van der Waals surface area (Å²) < 4.78 is 5.27. The van der Waals surface area contributed by atoms with Gasteiger partial charge in [0.15, 0.2) is 0 Å². The fourth-order valence-electron chi connectivity index (χ4n) is 2.92. The molecule has 0 saturated carbocycles. The molecule has 0 N–H and O–H groups in total. The van der Waals surface area contributed by atoms with Gasteiger partial charge in [0.1, 0.15) is 5.75 Å². The summed E-state index contributed by atoms with van der Waals surface area (Å²) in [7, 11) is 1.65. The quantitative estimate of drug-likeness (QED) is 0.565. The van der Waals surface area contributed by atoms with Gasteiger partial charge < -0.3 is 9.64 Å². The van der Waals surface area contributed by atoms with Crippen LogP contribution in [0.15, 0.2) is 84.9 Å². The predicted octanol–water partition coefficient (Wildman–Crippen LogP) is 5.24. The molecule has 0 aliphatic carbocycles. The minimum atomic E-state index is -0.00291. The molecule has 27 heavy (non-hydrogen) atoms. The molecule has 0 bridgehead atoms. The van der Waals surface area contributed by atoms with Crippen molar-refractivity contribution in [3.63, 3.8) is 0 Å². The first-order valence-electron chi connectivity index (χ1n) is 8.90. The fraction of sp³-hybridized carbons (Fsp3) is 0.125. The van der Waals surface area contributed by atoms with E-state index in [4.69, 9.17) is 4.74 Å². The van der Waals surface area contributed by atoms with Crippen LogP contribution in [-0.2, 0) is 11.3 Å². The van der Waals surface area contributed by atoms with Crippen LogP contribution in [0.1, 0.15) is 23.6 Å². The van der Waals surface area contributed by atoms with E-state index in [-0.39, 0.29) is 5.91 Å². The van der Waals surface area contributed by atoms with Crippen molar-refractivity contribution >= 4 is 17.7 Å². The zero-order valence-corrected chi connectivity index (χ0v) is 15.6. The van der Waals surface area contributed by atoms with Crippen molar-refractivity contribution in [3.8, 4) is 5.75 Å². The van der Waals surface area contributed by atoms with E-state index in [0.29, 0.717) is 6.54 Å². The van der Waals surface area contributed by atoms with Crippen molar-refractivity contribution in [3.05, 3.63) is 102 Å². The average Bonchev–Trinajstić information content (AvgIpc) is 2.72. The summed E-state index contributed by atoms with van der Waals surface area (Å²) in [5, 5.41) is 0. The zero-order valence-electron chi connectivity index (χ0n) is 15.6. The number of benzene rings is 3. The Bertz CT molecular complexity index is 900. The molecule has 3 nitrogen and oxygen atoms in total. The summed E-state index contributed by atoms with van der Waals surface area (Å²) in [5.74, 6) is 0.784. The molecular weight excluding hydrogens is 334 g/mol. The SMILES string of the molecule is COc1ccc(/C(=C/c2ccccc2)N(Cc2ccccc2)C(C)=O)cc1. The van der Waals surface area contributed by atoms with Gasteiger partial charge >= 0.3 is 0 Å². The van der Waals surface area contributed by atoms with Gasteiger partial charge in [-0.05, 0) is 47.0 Å². The molecule has 0 aliphatic rings. The van der Waals surface area contributed by atoms with Crippen molar-refractivity contribution in [2.24, 2.45) is 0 Å². The Labute approximate surface area is 160 Å². The Morgan fingerprint density at radius 1 is 0.889 bits per heavy atom. The van der Waals surface area contributed by atoms with Crippen LogP contribution in [0.2, 0.25) is 0 Å². The lowest BCUT2D eigenvalue weighted by molar-refractivity contribution is -0.126. The number of rotatable bonds is 6. The number of ether oxygens (including phenoxy) is 1. The van der Waals surface area contributed by atoms with Gasteiger partial charge in [0.2, 0.25) is 5.91 Å². The summed E-state index contributed by atoms with van der Waals surface area (Å²) in [6.07, 6.45) is 2.05. The maximum atomic E-state index is 12.5. The Kier molecular flexibility index (Phi) is 6.06. The van der Waals surface area contributed by atoms with Gasteiger partial charge in [-0.15, -0.1) is 0 Å². The second kappa shape index (κ2) is 8.86. The molecule has 3 heteroatoms. The van der Waals surface area contributed by atoms with Crippen molar-refractivity contribution in [2.75, 3.05) is 7.11 Å². The molecule has 136 valence electrons. The monoisotopic (exact) mass is 357 g/mol. The standard InChI is InChI=1S/C24H23NO2/c1-19(26)25(18-21-11-7-4-8-12-21)24(17-20-9-5-3-6-10-20)22-13-15-23(27-2)16-14-22/h3-17H,18H2,1-2H3/b24-17-. The van der Waals surface area contributed by atoms with Crippen molar-refractivity contribution in [1.29, 1.82) is 0 Å². The minimum Gasteiger partial charge on any atom is -0.497 e. The molecule has 0 atom stereocenters. The second-order valence-corrected chi connectivity index (χ2v) is 6.26. The highest BCUT2D eigenvalue weighted by atomic mass is 16.5. The van der Waals surface area contributed by atoms with E-state index in [1.54, 1.807) is 14.0 Å². The summed E-state index contributed by atoms with van der Waals surface area (Å²) in [6.45, 7) is 2.12. The summed E-state index contributed by atoms with van der Waals surface area (Å²) in [6, 6.07) is 27.8. The first-order valence-corrected chi connectivity index (χ1v) is 8.90. The summed E-state index contributed by atoms with van der Waals surface area (Å²) in [5.41, 5.74) is 3.95. The van der Waals surface area contributed by atoms with Crippen LogP contribution in [0, 0.1) is 0 Å². The molecule has 0 unspecified atom stereocenters. The number of amides is 1. The Morgan fingerprint density at radius 2 is 1.48 bits per heavy atom. The number of carbonyl (C=O) groups excluding carboxylic acids is 1. The van der Waals surface area contributed by atoms with E-state index in [0.717, 1.165) is 28.1 Å². The molecule has 0 aliphatic heterocycles. The molecule has 3 aromatic rings. The van der Waals surface area contributed by atoms with Crippen molar-refractivity contribution < 1.29 is 9.53 Å². The molecule has 3 rings (SSSR count). The van der Waals surface area contributed by atoms with Crippen LogP contribution in [0.4, 0.5) is 0 Å². The topological polar surface area (TPSA) is 29.5 Å². The molecule has 0 heterocycles. The third-order valence-electron chi connectivity index (χ3n) is 4.34. The number of carbonyl (C=O) groups is 1. The van der Waals surface area contributed by atoms with E-state index in [9.17, 15) is 4.79 Å². The Hall–Kier alpha value is -3.33. The first-order chi connectivity index (χ1) is 13.2. The average molecular weight is 357 g/mol. The lowest BCUT2D eigenvalue weighted by Crippen LogP contribution is -2.26. The van der Waals surface area contributed by atoms with Gasteiger partial charge in [-0.2, -0.15) is 0 Å². The summed E-state index contributed by atoms with van der Waals surface area (Å²) in [4.78, 5) is 14.3. The lowest BCUT2D eigenvalue weighted by Gasteiger charge is -2.25. The van der Waals surface area contributed by atoms with Crippen LogP contribution < -0.4 is 4.74 Å². The van der Waals surface area contributed by atoms with Gasteiger partial charge in [0, 0.05) is 6.92 Å². The fourth-order valence-corrected chi connectivity index (χ4v) is 2.92. The van der Waals surface area contributed by atoms with Crippen LogP contribution >= 0.6 is 0 Å². The smallest absolute Gasteiger partial charge is 0.224 e. The highest BCUT2D eigenvalue weighted by Gasteiger charge is 2.17. The highest BCUT2D eigenvalue weighted by molar-refractivity contribution is 5.91. The second-order valence-electron chi connectivity index (χ2n) is 6.26. The number of hydrogen-bond acceptors (Lipinski definition) is 2. The molecule has 3 aromatic carbocycles. The number of methoxy groups -OCH3 is 1. The third-order valence-corrected chi connectivity index (χ3v) is 4.34. The molecule has 0 fully saturated rings. The van der Waals surface area contributed by atoms with Crippen LogP contribution in [0.25, 0.3) is 11.8 Å². The molecule has 0 aromatic heterocycles. The largest absolute Gasteiger partial charge is 0.497 e. The van der Waals surface area contributed by atoms with Crippen molar-refractivity contribution in [2.45, 2.75) is 13.5 Å². The highest BCUT2D eigenvalue weighted by Crippen LogP contribution is 2.26. The normalized spacial score (nSPS) is 11.1. The van der Waals surface area contributed by atoms with Crippen LogP contribution in [-0.4, -0.2) is 17.9 Å². The lowest BCUT2D eigenvalue weighted by atomic mass is 10.1. The maximum absolute atomic E-state index is 12.5. The zero-order chi connectivity index (χ0) is 19.1. The van der Waals surface area contributed by atoms with Gasteiger partial charge in [0.25, 0.3) is 0 Å². The number of nitrogens with zero attached hydrogens (tertiary/aromatic N) is 1. The van der Waals surface area contributed by atoms with Crippen LogP contribution in [0.5, 0.6) is 5.75 Å². The number of hydrogen-bond donors (Lipinski definition) is 0. The van der Waals surface area contributed by atoms with E-state index in [1.165, 1.54) is 0 Å². The molecular formula is C24H23NO2. The van der Waals surface area contributed by atoms with Gasteiger partial charge in [-0.3, -0.25) is 4.79 Å². The van der Waals surface area contributed by atoms with Gasteiger partial charge in [-0.1, -0.05) is 60.7 Å². The minimum absolute atomic E-state index is 0.00291. The van der Waals surface area contributed by atoms with E-state index >= 15 is 0 Å². The Balaban J connectivity index is 2.05. The molecule has 1 amide bonds. The molecule has 0 radical (unpaired) electrons. The van der Waals surface area contributed by atoms with Gasteiger partial charge in [-0.25, -0.2) is 0 Å². The summed E-state index contributed by atoms with van der Waals surface area (Å²) >= 11 is 0.